The van der Waals surface area contributed by atoms with Gasteiger partial charge in [0.1, 0.15) is 0 Å². The summed E-state index contributed by atoms with van der Waals surface area (Å²) in [6.45, 7) is 8.66. The largest absolute Gasteiger partial charge is 0.394 e. The minimum atomic E-state index is -0.432. The molecule has 0 aromatic heterocycles. The summed E-state index contributed by atoms with van der Waals surface area (Å²) in [4.78, 5) is 25.5. The molecule has 5 heteroatoms. The molecule has 19 heavy (non-hydrogen) atoms. The molecule has 1 saturated heterocycles. The van der Waals surface area contributed by atoms with E-state index in [1.54, 1.807) is 4.90 Å². The fraction of sp³-hybridized carbons (Fsp3) is 0.857. The summed E-state index contributed by atoms with van der Waals surface area (Å²) in [5, 5.41) is 12.1. The maximum absolute atomic E-state index is 12.1. The number of amides is 2. The van der Waals surface area contributed by atoms with E-state index >= 15 is 0 Å². The summed E-state index contributed by atoms with van der Waals surface area (Å²) in [5.74, 6) is 0.310. The van der Waals surface area contributed by atoms with Crippen LogP contribution in [0, 0.1) is 11.3 Å². The van der Waals surface area contributed by atoms with Gasteiger partial charge in [-0.25, -0.2) is 0 Å². The number of nitrogens with one attached hydrogen (secondary N) is 1. The van der Waals surface area contributed by atoms with Crippen molar-refractivity contribution in [3.63, 3.8) is 0 Å². The van der Waals surface area contributed by atoms with Crippen LogP contribution in [0.4, 0.5) is 0 Å². The number of rotatable bonds is 4. The zero-order valence-corrected chi connectivity index (χ0v) is 12.4. The summed E-state index contributed by atoms with van der Waals surface area (Å²) in [5.41, 5.74) is -0.432. The van der Waals surface area contributed by atoms with Crippen LogP contribution in [0.15, 0.2) is 0 Å². The molecule has 0 spiro atoms. The zero-order chi connectivity index (χ0) is 14.6. The number of hydrogen-bond acceptors (Lipinski definition) is 3. The second-order valence-corrected chi connectivity index (χ2v) is 6.36. The first-order valence-electron chi connectivity index (χ1n) is 6.96. The first-order valence-corrected chi connectivity index (χ1v) is 6.96. The number of nitrogens with zero attached hydrogens (tertiary/aromatic N) is 1. The molecule has 2 unspecified atom stereocenters. The maximum atomic E-state index is 12.1. The lowest BCUT2D eigenvalue weighted by molar-refractivity contribution is -0.133. The molecule has 2 N–H and O–H groups in total. The van der Waals surface area contributed by atoms with Crippen LogP contribution >= 0.6 is 0 Å². The normalized spacial score (nSPS) is 23.5. The molecule has 2 amide bonds. The van der Waals surface area contributed by atoms with Crippen LogP contribution in [-0.4, -0.2) is 47.6 Å². The standard InChI is InChI=1S/C14H26N2O3/c1-10-6-8-16(11(10)9-17)12(18)5-7-15-13(19)14(2,3)4/h10-11,17H,5-9H2,1-4H3,(H,15,19). The van der Waals surface area contributed by atoms with Crippen LogP contribution in [0.25, 0.3) is 0 Å². The van der Waals surface area contributed by atoms with Gasteiger partial charge in [-0.1, -0.05) is 27.7 Å². The third kappa shape index (κ3) is 4.20. The minimum absolute atomic E-state index is 0.0117. The minimum Gasteiger partial charge on any atom is -0.394 e. The second kappa shape index (κ2) is 6.37. The highest BCUT2D eigenvalue weighted by molar-refractivity contribution is 5.82. The molecule has 1 aliphatic rings. The number of carbonyl (C=O) groups excluding carboxylic acids is 2. The third-order valence-corrected chi connectivity index (χ3v) is 3.70. The van der Waals surface area contributed by atoms with E-state index < -0.39 is 5.41 Å². The molecule has 110 valence electrons. The Bertz CT molecular complexity index is 336. The summed E-state index contributed by atoms with van der Waals surface area (Å²) >= 11 is 0. The molecular weight excluding hydrogens is 244 g/mol. The molecule has 1 aliphatic heterocycles. The van der Waals surface area contributed by atoms with Gasteiger partial charge in [-0.3, -0.25) is 9.59 Å². The summed E-state index contributed by atoms with van der Waals surface area (Å²) in [6.07, 6.45) is 1.23. The maximum Gasteiger partial charge on any atom is 0.225 e. The Hall–Kier alpha value is -1.10. The van der Waals surface area contributed by atoms with Crippen molar-refractivity contribution in [2.75, 3.05) is 19.7 Å². The Labute approximate surface area is 115 Å². The molecule has 1 rings (SSSR count). The van der Waals surface area contributed by atoms with Crippen molar-refractivity contribution in [3.05, 3.63) is 0 Å². The van der Waals surface area contributed by atoms with Crippen LogP contribution in [0.5, 0.6) is 0 Å². The highest BCUT2D eigenvalue weighted by Gasteiger charge is 2.33. The lowest BCUT2D eigenvalue weighted by Crippen LogP contribution is -2.42. The van der Waals surface area contributed by atoms with Crippen LogP contribution in [0.2, 0.25) is 0 Å². The van der Waals surface area contributed by atoms with E-state index in [4.69, 9.17) is 0 Å². The van der Waals surface area contributed by atoms with Crippen molar-refractivity contribution >= 4 is 11.8 Å². The predicted molar refractivity (Wildman–Crippen MR) is 73.4 cm³/mol. The molecule has 0 aliphatic carbocycles. The number of hydrogen-bond donors (Lipinski definition) is 2. The van der Waals surface area contributed by atoms with Gasteiger partial charge < -0.3 is 15.3 Å². The highest BCUT2D eigenvalue weighted by Crippen LogP contribution is 2.24. The molecule has 0 aromatic rings. The van der Waals surface area contributed by atoms with E-state index in [9.17, 15) is 14.7 Å². The molecule has 1 heterocycles. The Morgan fingerprint density at radius 3 is 2.53 bits per heavy atom. The number of carbonyl (C=O) groups is 2. The number of aliphatic hydroxyl groups excluding tert-OH is 1. The van der Waals surface area contributed by atoms with E-state index in [0.717, 1.165) is 6.42 Å². The van der Waals surface area contributed by atoms with Crippen molar-refractivity contribution in [1.29, 1.82) is 0 Å². The van der Waals surface area contributed by atoms with Gasteiger partial charge in [-0.05, 0) is 12.3 Å². The summed E-state index contributed by atoms with van der Waals surface area (Å²) < 4.78 is 0. The Morgan fingerprint density at radius 1 is 1.37 bits per heavy atom. The quantitative estimate of drug-likeness (QED) is 0.792. The molecule has 0 saturated carbocycles. The van der Waals surface area contributed by atoms with Crippen LogP contribution in [0.3, 0.4) is 0 Å². The van der Waals surface area contributed by atoms with Crippen LogP contribution in [-0.2, 0) is 9.59 Å². The number of likely N-dealkylation sites (tertiary alicyclic amines) is 1. The smallest absolute Gasteiger partial charge is 0.225 e. The van der Waals surface area contributed by atoms with Crippen molar-refractivity contribution in [2.24, 2.45) is 11.3 Å². The fourth-order valence-electron chi connectivity index (χ4n) is 2.29. The van der Waals surface area contributed by atoms with Crippen LogP contribution in [0.1, 0.15) is 40.5 Å². The fourth-order valence-corrected chi connectivity index (χ4v) is 2.29. The topological polar surface area (TPSA) is 69.6 Å². The monoisotopic (exact) mass is 270 g/mol. The summed E-state index contributed by atoms with van der Waals surface area (Å²) in [6, 6.07) is -0.0641. The van der Waals surface area contributed by atoms with Gasteiger partial charge in [-0.15, -0.1) is 0 Å². The third-order valence-electron chi connectivity index (χ3n) is 3.70. The molecule has 1 fully saturated rings. The lowest BCUT2D eigenvalue weighted by atomic mass is 9.96. The lowest BCUT2D eigenvalue weighted by Gasteiger charge is -2.25. The molecular formula is C14H26N2O3. The van der Waals surface area contributed by atoms with Gasteiger partial charge in [0.15, 0.2) is 0 Å². The molecule has 0 bridgehead atoms. The van der Waals surface area contributed by atoms with Gasteiger partial charge in [0.25, 0.3) is 0 Å². The van der Waals surface area contributed by atoms with Gasteiger partial charge in [0.05, 0.1) is 12.6 Å². The van der Waals surface area contributed by atoms with Gasteiger partial charge in [0, 0.05) is 24.9 Å². The zero-order valence-electron chi connectivity index (χ0n) is 12.4. The predicted octanol–water partition coefficient (Wildman–Crippen LogP) is 0.768. The van der Waals surface area contributed by atoms with E-state index in [1.807, 2.05) is 20.8 Å². The van der Waals surface area contributed by atoms with Gasteiger partial charge >= 0.3 is 0 Å². The highest BCUT2D eigenvalue weighted by atomic mass is 16.3. The Morgan fingerprint density at radius 2 is 2.00 bits per heavy atom. The van der Waals surface area contributed by atoms with E-state index in [1.165, 1.54) is 0 Å². The molecule has 2 atom stereocenters. The molecule has 0 aromatic carbocycles. The molecule has 5 nitrogen and oxygen atoms in total. The van der Waals surface area contributed by atoms with E-state index in [2.05, 4.69) is 12.2 Å². The first-order chi connectivity index (χ1) is 8.77. The Kier molecular flexibility index (Phi) is 5.35. The van der Waals surface area contributed by atoms with Crippen molar-refractivity contribution in [1.82, 2.24) is 10.2 Å². The van der Waals surface area contributed by atoms with E-state index in [-0.39, 0.29) is 24.5 Å². The first kappa shape index (κ1) is 16.0. The SMILES string of the molecule is CC1CCN(C(=O)CCNC(=O)C(C)(C)C)C1CO. The number of aliphatic hydroxyl groups is 1. The average molecular weight is 270 g/mol. The van der Waals surface area contributed by atoms with Crippen molar-refractivity contribution in [2.45, 2.75) is 46.6 Å². The molecule has 0 radical (unpaired) electrons. The van der Waals surface area contributed by atoms with Crippen LogP contribution < -0.4 is 5.32 Å². The van der Waals surface area contributed by atoms with Crippen molar-refractivity contribution in [3.8, 4) is 0 Å². The second-order valence-electron chi connectivity index (χ2n) is 6.36. The van der Waals surface area contributed by atoms with Crippen molar-refractivity contribution < 1.29 is 14.7 Å². The summed E-state index contributed by atoms with van der Waals surface area (Å²) in [7, 11) is 0. The average Bonchev–Trinajstić information content (AvgIpc) is 2.68. The van der Waals surface area contributed by atoms with Gasteiger partial charge in [-0.2, -0.15) is 0 Å². The van der Waals surface area contributed by atoms with E-state index in [0.29, 0.717) is 25.4 Å². The van der Waals surface area contributed by atoms with Gasteiger partial charge in [0.2, 0.25) is 11.8 Å². The Balaban J connectivity index is 2.38.